The maximum Gasteiger partial charge on any atom is 0.181 e. The fourth-order valence-corrected chi connectivity index (χ4v) is 6.46. The molecule has 2 heterocycles. The Hall–Kier alpha value is -5.52. The van der Waals surface area contributed by atoms with Crippen LogP contribution >= 0.6 is 11.3 Å². The van der Waals surface area contributed by atoms with Crippen molar-refractivity contribution in [1.82, 2.24) is 9.97 Å². The molecule has 5 heteroatoms. The molecule has 8 rings (SSSR count). The smallest absolute Gasteiger partial charge is 0.181 e. The molecule has 0 radical (unpaired) electrons. The van der Waals surface area contributed by atoms with E-state index in [2.05, 4.69) is 137 Å². The van der Waals surface area contributed by atoms with E-state index in [0.29, 0.717) is 0 Å². The van der Waals surface area contributed by atoms with Crippen molar-refractivity contribution < 1.29 is 4.42 Å². The van der Waals surface area contributed by atoms with Crippen LogP contribution in [0, 0.1) is 0 Å². The number of aromatic nitrogens is 2. The molecule has 43 heavy (non-hydrogen) atoms. The summed E-state index contributed by atoms with van der Waals surface area (Å²) in [5, 5.41) is 1.02. The second-order valence-corrected chi connectivity index (χ2v) is 11.4. The number of oxazole rings is 1. The van der Waals surface area contributed by atoms with Gasteiger partial charge in [-0.15, -0.1) is 11.3 Å². The van der Waals surface area contributed by atoms with Gasteiger partial charge in [0.1, 0.15) is 10.5 Å². The Bertz CT molecular complexity index is 2150. The first-order valence-electron chi connectivity index (χ1n) is 14.1. The predicted octanol–water partition coefficient (Wildman–Crippen LogP) is 10.9. The highest BCUT2D eigenvalue weighted by molar-refractivity contribution is 7.21. The van der Waals surface area contributed by atoms with E-state index in [9.17, 15) is 0 Å². The Kier molecular flexibility index (Phi) is 6.28. The Morgan fingerprint density at radius 2 is 1.14 bits per heavy atom. The Balaban J connectivity index is 1.21. The van der Waals surface area contributed by atoms with E-state index in [1.54, 1.807) is 11.3 Å². The van der Waals surface area contributed by atoms with Crippen molar-refractivity contribution in [3.8, 4) is 32.8 Å². The lowest BCUT2D eigenvalue weighted by atomic mass is 10.0. The van der Waals surface area contributed by atoms with E-state index < -0.39 is 0 Å². The molecule has 0 amide bonds. The van der Waals surface area contributed by atoms with Gasteiger partial charge in [0.25, 0.3) is 0 Å². The number of fused-ring (bicyclic) bond motifs is 2. The average molecular weight is 572 g/mol. The third kappa shape index (κ3) is 4.86. The molecule has 2 aromatic heterocycles. The van der Waals surface area contributed by atoms with Gasteiger partial charge in [0.15, 0.2) is 12.0 Å². The SMILES string of the molecule is c1ccc(-c2ccc(N(c3ccc(-c4nc5ccccc5s4)cc3)c3cccc(-c4ccc5ocnc5c4)c3)cc2)cc1. The van der Waals surface area contributed by atoms with E-state index in [0.717, 1.165) is 55.4 Å². The standard InChI is InChI=1S/C38H25N3OS/c1-2-7-26(8-3-1)27-13-18-31(19-14-27)41(32-20-15-28(16-21-32)38-40-34-11-4-5-12-37(34)43-38)33-10-6-9-29(23-33)30-17-22-36-35(24-30)39-25-42-36/h1-25H. The van der Waals surface area contributed by atoms with Crippen LogP contribution in [0.15, 0.2) is 156 Å². The Morgan fingerprint density at radius 3 is 1.93 bits per heavy atom. The largest absolute Gasteiger partial charge is 0.443 e. The normalized spacial score (nSPS) is 11.3. The first-order valence-corrected chi connectivity index (χ1v) is 15.0. The Labute approximate surface area is 253 Å². The van der Waals surface area contributed by atoms with E-state index >= 15 is 0 Å². The second-order valence-electron chi connectivity index (χ2n) is 10.4. The lowest BCUT2D eigenvalue weighted by Crippen LogP contribution is -2.10. The van der Waals surface area contributed by atoms with Crippen molar-refractivity contribution in [3.63, 3.8) is 0 Å². The number of rotatable bonds is 6. The summed E-state index contributed by atoms with van der Waals surface area (Å²) >= 11 is 1.72. The van der Waals surface area contributed by atoms with Gasteiger partial charge in [-0.2, -0.15) is 0 Å². The van der Waals surface area contributed by atoms with E-state index in [1.165, 1.54) is 22.2 Å². The van der Waals surface area contributed by atoms with Crippen LogP contribution in [-0.2, 0) is 0 Å². The van der Waals surface area contributed by atoms with Crippen LogP contribution in [0.25, 0.3) is 54.1 Å². The number of thiazole rings is 1. The molecule has 0 atom stereocenters. The van der Waals surface area contributed by atoms with Gasteiger partial charge in [-0.05, 0) is 95.1 Å². The predicted molar refractivity (Wildman–Crippen MR) is 178 cm³/mol. The van der Waals surface area contributed by atoms with E-state index in [-0.39, 0.29) is 0 Å². The van der Waals surface area contributed by atoms with Crippen molar-refractivity contribution in [2.75, 3.05) is 4.90 Å². The summed E-state index contributed by atoms with van der Waals surface area (Å²) in [6, 6.07) is 51.0. The number of hydrogen-bond acceptors (Lipinski definition) is 5. The molecular formula is C38H25N3OS. The summed E-state index contributed by atoms with van der Waals surface area (Å²) in [6.07, 6.45) is 1.49. The summed E-state index contributed by atoms with van der Waals surface area (Å²) < 4.78 is 6.66. The molecule has 0 aliphatic rings. The van der Waals surface area contributed by atoms with Crippen LogP contribution in [0.5, 0.6) is 0 Å². The average Bonchev–Trinajstić information content (AvgIpc) is 3.73. The highest BCUT2D eigenvalue weighted by Gasteiger charge is 2.15. The molecule has 0 aliphatic carbocycles. The van der Waals surface area contributed by atoms with Gasteiger partial charge in [0.05, 0.1) is 10.2 Å². The number of hydrogen-bond donors (Lipinski definition) is 0. The second kappa shape index (κ2) is 10.7. The third-order valence-electron chi connectivity index (χ3n) is 7.67. The minimum absolute atomic E-state index is 0.785. The summed E-state index contributed by atoms with van der Waals surface area (Å²) in [7, 11) is 0. The van der Waals surface area contributed by atoms with E-state index in [1.807, 2.05) is 18.2 Å². The van der Waals surface area contributed by atoms with Gasteiger partial charge in [-0.1, -0.05) is 72.8 Å². The topological polar surface area (TPSA) is 42.2 Å². The zero-order valence-electron chi connectivity index (χ0n) is 23.1. The van der Waals surface area contributed by atoms with Gasteiger partial charge in [0.2, 0.25) is 0 Å². The quantitative estimate of drug-likeness (QED) is 0.199. The molecule has 0 unspecified atom stereocenters. The summed E-state index contributed by atoms with van der Waals surface area (Å²) in [6.45, 7) is 0. The molecule has 0 fully saturated rings. The van der Waals surface area contributed by atoms with Gasteiger partial charge in [-0.3, -0.25) is 0 Å². The van der Waals surface area contributed by atoms with Crippen LogP contribution in [0.2, 0.25) is 0 Å². The highest BCUT2D eigenvalue weighted by Crippen LogP contribution is 2.39. The molecule has 6 aromatic carbocycles. The molecule has 0 saturated heterocycles. The van der Waals surface area contributed by atoms with Gasteiger partial charge in [0, 0.05) is 22.6 Å². The summed E-state index contributed by atoms with van der Waals surface area (Å²) in [5.74, 6) is 0. The van der Waals surface area contributed by atoms with Crippen LogP contribution in [0.3, 0.4) is 0 Å². The van der Waals surface area contributed by atoms with Crippen molar-refractivity contribution in [2.45, 2.75) is 0 Å². The molecular weight excluding hydrogens is 547 g/mol. The van der Waals surface area contributed by atoms with Crippen molar-refractivity contribution in [3.05, 3.63) is 152 Å². The van der Waals surface area contributed by atoms with Crippen molar-refractivity contribution >= 4 is 49.7 Å². The van der Waals surface area contributed by atoms with Crippen molar-refractivity contribution in [1.29, 1.82) is 0 Å². The van der Waals surface area contributed by atoms with Crippen LogP contribution in [0.1, 0.15) is 0 Å². The molecule has 0 bridgehead atoms. The number of nitrogens with zero attached hydrogens (tertiary/aromatic N) is 3. The van der Waals surface area contributed by atoms with Crippen LogP contribution in [-0.4, -0.2) is 9.97 Å². The van der Waals surface area contributed by atoms with E-state index in [4.69, 9.17) is 9.40 Å². The lowest BCUT2D eigenvalue weighted by Gasteiger charge is -2.26. The molecule has 0 saturated carbocycles. The van der Waals surface area contributed by atoms with Crippen LogP contribution < -0.4 is 4.90 Å². The highest BCUT2D eigenvalue weighted by atomic mass is 32.1. The molecule has 0 spiro atoms. The fraction of sp³-hybridized carbons (Fsp3) is 0. The van der Waals surface area contributed by atoms with Crippen LogP contribution in [0.4, 0.5) is 17.1 Å². The molecule has 0 N–H and O–H groups in total. The number of para-hydroxylation sites is 1. The first-order chi connectivity index (χ1) is 21.3. The fourth-order valence-electron chi connectivity index (χ4n) is 5.49. The minimum Gasteiger partial charge on any atom is -0.443 e. The monoisotopic (exact) mass is 571 g/mol. The van der Waals surface area contributed by atoms with Crippen molar-refractivity contribution in [2.24, 2.45) is 0 Å². The number of anilines is 3. The molecule has 4 nitrogen and oxygen atoms in total. The number of benzene rings is 6. The minimum atomic E-state index is 0.785. The summed E-state index contributed by atoms with van der Waals surface area (Å²) in [4.78, 5) is 11.5. The Morgan fingerprint density at radius 1 is 0.488 bits per heavy atom. The summed E-state index contributed by atoms with van der Waals surface area (Å²) in [5.41, 5.74) is 11.6. The molecule has 8 aromatic rings. The third-order valence-corrected chi connectivity index (χ3v) is 8.75. The molecule has 204 valence electrons. The van der Waals surface area contributed by atoms with Gasteiger partial charge in [-0.25, -0.2) is 9.97 Å². The lowest BCUT2D eigenvalue weighted by molar-refractivity contribution is 0.602. The zero-order chi connectivity index (χ0) is 28.6. The van der Waals surface area contributed by atoms with Gasteiger partial charge < -0.3 is 9.32 Å². The maximum absolute atomic E-state index is 5.46. The van der Waals surface area contributed by atoms with Gasteiger partial charge >= 0.3 is 0 Å². The molecule has 0 aliphatic heterocycles. The zero-order valence-corrected chi connectivity index (χ0v) is 23.9. The maximum atomic E-state index is 5.46. The first kappa shape index (κ1) is 25.2.